The van der Waals surface area contributed by atoms with E-state index in [-0.39, 0.29) is 0 Å². The average Bonchev–Trinajstić information content (AvgIpc) is 2.90. The summed E-state index contributed by atoms with van der Waals surface area (Å²) in [5.41, 5.74) is 2.63. The fraction of sp³-hybridized carbons (Fsp3) is 0.412. The van der Waals surface area contributed by atoms with Crippen molar-refractivity contribution in [2.24, 2.45) is 0 Å². The van der Waals surface area contributed by atoms with E-state index in [1.165, 1.54) is 20.6 Å². The van der Waals surface area contributed by atoms with Gasteiger partial charge in [-0.15, -0.1) is 11.3 Å². The number of nitrogens with zero attached hydrogens (tertiary/aromatic N) is 1. The SMILES string of the molecule is CCNC(CC)c1ccc(N(C)Cc2cc(Br)cs2)cc1. The highest BCUT2D eigenvalue weighted by molar-refractivity contribution is 9.10. The summed E-state index contributed by atoms with van der Waals surface area (Å²) >= 11 is 5.30. The Morgan fingerprint density at radius 1 is 1.24 bits per heavy atom. The summed E-state index contributed by atoms with van der Waals surface area (Å²) in [5.74, 6) is 0. The molecule has 2 aromatic rings. The third kappa shape index (κ3) is 4.56. The topological polar surface area (TPSA) is 15.3 Å². The maximum atomic E-state index is 3.52. The van der Waals surface area contributed by atoms with Gasteiger partial charge in [-0.25, -0.2) is 0 Å². The molecule has 2 nitrogen and oxygen atoms in total. The molecule has 1 heterocycles. The van der Waals surface area contributed by atoms with Crippen LogP contribution in [0.3, 0.4) is 0 Å². The van der Waals surface area contributed by atoms with Gasteiger partial charge < -0.3 is 10.2 Å². The van der Waals surface area contributed by atoms with Gasteiger partial charge in [0.1, 0.15) is 0 Å². The average molecular weight is 367 g/mol. The van der Waals surface area contributed by atoms with E-state index in [9.17, 15) is 0 Å². The molecule has 0 saturated carbocycles. The van der Waals surface area contributed by atoms with Crippen molar-refractivity contribution < 1.29 is 0 Å². The molecule has 1 aromatic heterocycles. The fourth-order valence-corrected chi connectivity index (χ4v) is 3.97. The molecular weight excluding hydrogens is 344 g/mol. The van der Waals surface area contributed by atoms with Crippen LogP contribution in [0.25, 0.3) is 0 Å². The quantitative estimate of drug-likeness (QED) is 0.723. The second-order valence-electron chi connectivity index (χ2n) is 5.20. The molecule has 2 rings (SSSR count). The number of benzene rings is 1. The number of hydrogen-bond donors (Lipinski definition) is 1. The molecule has 0 spiro atoms. The molecule has 0 amide bonds. The van der Waals surface area contributed by atoms with Crippen LogP contribution in [0.2, 0.25) is 0 Å². The van der Waals surface area contributed by atoms with Crippen LogP contribution in [0.15, 0.2) is 40.2 Å². The van der Waals surface area contributed by atoms with Gasteiger partial charge in [-0.3, -0.25) is 0 Å². The zero-order valence-electron chi connectivity index (χ0n) is 12.9. The van der Waals surface area contributed by atoms with Crippen molar-refractivity contribution in [3.05, 3.63) is 50.6 Å². The van der Waals surface area contributed by atoms with E-state index in [0.717, 1.165) is 19.5 Å². The highest BCUT2D eigenvalue weighted by Crippen LogP contribution is 2.25. The minimum absolute atomic E-state index is 0.461. The fourth-order valence-electron chi connectivity index (χ4n) is 2.47. The van der Waals surface area contributed by atoms with E-state index in [0.29, 0.717) is 6.04 Å². The monoisotopic (exact) mass is 366 g/mol. The zero-order valence-corrected chi connectivity index (χ0v) is 15.3. The highest BCUT2D eigenvalue weighted by atomic mass is 79.9. The van der Waals surface area contributed by atoms with Crippen LogP contribution in [0.5, 0.6) is 0 Å². The summed E-state index contributed by atoms with van der Waals surface area (Å²) < 4.78 is 1.17. The van der Waals surface area contributed by atoms with Crippen molar-refractivity contribution >= 4 is 33.0 Å². The van der Waals surface area contributed by atoms with Crippen molar-refractivity contribution in [1.82, 2.24) is 5.32 Å². The van der Waals surface area contributed by atoms with Crippen molar-refractivity contribution in [1.29, 1.82) is 0 Å². The minimum Gasteiger partial charge on any atom is -0.369 e. The second kappa shape index (κ2) is 7.97. The predicted octanol–water partition coefficient (Wildman–Crippen LogP) is 5.21. The lowest BCUT2D eigenvalue weighted by Crippen LogP contribution is -2.20. The van der Waals surface area contributed by atoms with Gasteiger partial charge in [0, 0.05) is 33.5 Å². The zero-order chi connectivity index (χ0) is 15.2. The first-order valence-corrected chi connectivity index (χ1v) is 9.08. The van der Waals surface area contributed by atoms with Crippen molar-refractivity contribution in [3.63, 3.8) is 0 Å². The maximum Gasteiger partial charge on any atom is 0.0519 e. The van der Waals surface area contributed by atoms with E-state index < -0.39 is 0 Å². The summed E-state index contributed by atoms with van der Waals surface area (Å²) in [4.78, 5) is 3.66. The molecule has 0 fully saturated rings. The van der Waals surface area contributed by atoms with Crippen LogP contribution in [-0.2, 0) is 6.54 Å². The van der Waals surface area contributed by atoms with Crippen LogP contribution >= 0.6 is 27.3 Å². The lowest BCUT2D eigenvalue weighted by atomic mass is 10.0. The summed E-state index contributed by atoms with van der Waals surface area (Å²) in [7, 11) is 2.14. The Labute approximate surface area is 140 Å². The van der Waals surface area contributed by atoms with Crippen LogP contribution in [0.4, 0.5) is 5.69 Å². The van der Waals surface area contributed by atoms with Crippen molar-refractivity contribution in [3.8, 4) is 0 Å². The number of rotatable bonds is 7. The van der Waals surface area contributed by atoms with Gasteiger partial charge in [0.05, 0.1) is 6.54 Å². The van der Waals surface area contributed by atoms with Crippen LogP contribution in [0.1, 0.15) is 36.8 Å². The molecule has 0 aliphatic rings. The molecule has 4 heteroatoms. The molecule has 114 valence electrons. The molecule has 0 aliphatic heterocycles. The Bertz CT molecular complexity index is 550. The Kier molecular flexibility index (Phi) is 6.27. The third-order valence-corrected chi connectivity index (χ3v) is 5.29. The second-order valence-corrected chi connectivity index (χ2v) is 7.11. The van der Waals surface area contributed by atoms with Gasteiger partial charge in [-0.05, 0) is 52.7 Å². The smallest absolute Gasteiger partial charge is 0.0519 e. The first kappa shape index (κ1) is 16.5. The molecule has 21 heavy (non-hydrogen) atoms. The summed E-state index contributed by atoms with van der Waals surface area (Å²) in [6.45, 7) is 6.33. The summed E-state index contributed by atoms with van der Waals surface area (Å²) in [5, 5.41) is 5.66. The predicted molar refractivity (Wildman–Crippen MR) is 97.3 cm³/mol. The molecule has 0 saturated heterocycles. The number of hydrogen-bond acceptors (Lipinski definition) is 3. The highest BCUT2D eigenvalue weighted by Gasteiger charge is 2.09. The molecule has 0 aliphatic carbocycles. The first-order chi connectivity index (χ1) is 10.1. The Morgan fingerprint density at radius 3 is 2.48 bits per heavy atom. The summed E-state index contributed by atoms with van der Waals surface area (Å²) in [6, 6.07) is 11.6. The van der Waals surface area contributed by atoms with E-state index >= 15 is 0 Å². The number of nitrogens with one attached hydrogen (secondary N) is 1. The lowest BCUT2D eigenvalue weighted by molar-refractivity contribution is 0.537. The van der Waals surface area contributed by atoms with Crippen LogP contribution < -0.4 is 10.2 Å². The van der Waals surface area contributed by atoms with Crippen LogP contribution in [0, 0.1) is 0 Å². The Morgan fingerprint density at radius 2 is 1.95 bits per heavy atom. The first-order valence-electron chi connectivity index (χ1n) is 7.41. The van der Waals surface area contributed by atoms with Crippen molar-refractivity contribution in [2.75, 3.05) is 18.5 Å². The van der Waals surface area contributed by atoms with Gasteiger partial charge in [-0.1, -0.05) is 26.0 Å². The Hall–Kier alpha value is -0.840. The van der Waals surface area contributed by atoms with Gasteiger partial charge >= 0.3 is 0 Å². The number of anilines is 1. The Balaban J connectivity index is 2.03. The molecular formula is C17H23BrN2S. The van der Waals surface area contributed by atoms with E-state index in [2.05, 4.69) is 82.8 Å². The summed E-state index contributed by atoms with van der Waals surface area (Å²) in [6.07, 6.45) is 1.12. The van der Waals surface area contributed by atoms with Gasteiger partial charge in [0.25, 0.3) is 0 Å². The maximum absolute atomic E-state index is 3.52. The molecule has 0 radical (unpaired) electrons. The van der Waals surface area contributed by atoms with E-state index in [4.69, 9.17) is 0 Å². The lowest BCUT2D eigenvalue weighted by Gasteiger charge is -2.21. The standard InChI is InChI=1S/C17H23BrN2S/c1-4-17(19-5-2)13-6-8-15(9-7-13)20(3)11-16-10-14(18)12-21-16/h6-10,12,17,19H,4-5,11H2,1-3H3. The van der Waals surface area contributed by atoms with Crippen molar-refractivity contribution in [2.45, 2.75) is 32.9 Å². The molecule has 1 atom stereocenters. The van der Waals surface area contributed by atoms with E-state index in [1.54, 1.807) is 11.3 Å². The van der Waals surface area contributed by atoms with E-state index in [1.807, 2.05) is 0 Å². The molecule has 1 aromatic carbocycles. The number of halogens is 1. The largest absolute Gasteiger partial charge is 0.369 e. The molecule has 1 unspecified atom stereocenters. The van der Waals surface area contributed by atoms with Crippen LogP contribution in [-0.4, -0.2) is 13.6 Å². The number of thiophene rings is 1. The van der Waals surface area contributed by atoms with Gasteiger partial charge in [0.15, 0.2) is 0 Å². The minimum atomic E-state index is 0.461. The normalized spacial score (nSPS) is 12.4. The third-order valence-electron chi connectivity index (χ3n) is 3.61. The molecule has 0 bridgehead atoms. The molecule has 1 N–H and O–H groups in total. The van der Waals surface area contributed by atoms with Gasteiger partial charge in [0.2, 0.25) is 0 Å². The van der Waals surface area contributed by atoms with Gasteiger partial charge in [-0.2, -0.15) is 0 Å².